The minimum Gasteiger partial charge on any atom is -0.538 e. The SMILES string of the molecule is CCC(C)C(NC(=O)OC(C)(C)C)C(=S)O[Si](C)(C)C. The standard InChI is InChI=1S/C14H29NO3SSi/c1-9-10(2)11(12(19)18-20(6,7)8)15-13(16)17-14(3,4)5/h10-11H,9H2,1-8H3,(H,15,16). The van der Waals surface area contributed by atoms with Crippen molar-refractivity contribution in [2.75, 3.05) is 0 Å². The Morgan fingerprint density at radius 1 is 1.30 bits per heavy atom. The second-order valence-electron chi connectivity index (χ2n) is 7.04. The number of amides is 1. The Morgan fingerprint density at radius 2 is 1.80 bits per heavy atom. The van der Waals surface area contributed by atoms with Crippen LogP contribution in [0.25, 0.3) is 0 Å². The minimum absolute atomic E-state index is 0.200. The second-order valence-corrected chi connectivity index (χ2v) is 11.9. The Kier molecular flexibility index (Phi) is 7.17. The first-order chi connectivity index (χ1) is 8.85. The third kappa shape index (κ3) is 8.53. The number of hydrogen-bond donors (Lipinski definition) is 1. The topological polar surface area (TPSA) is 47.6 Å². The van der Waals surface area contributed by atoms with Gasteiger partial charge in [-0.3, -0.25) is 0 Å². The van der Waals surface area contributed by atoms with Crippen molar-refractivity contribution in [1.82, 2.24) is 5.32 Å². The number of alkyl carbamates (subject to hydrolysis) is 1. The Labute approximate surface area is 129 Å². The molecule has 4 nitrogen and oxygen atoms in total. The normalized spacial score (nSPS) is 15.2. The van der Waals surface area contributed by atoms with Gasteiger partial charge in [0.25, 0.3) is 0 Å². The lowest BCUT2D eigenvalue weighted by Gasteiger charge is -2.30. The maximum atomic E-state index is 11.9. The summed E-state index contributed by atoms with van der Waals surface area (Å²) in [5.41, 5.74) is -0.522. The average Bonchev–Trinajstić information content (AvgIpc) is 2.19. The van der Waals surface area contributed by atoms with Gasteiger partial charge in [0.2, 0.25) is 8.32 Å². The molecule has 6 heteroatoms. The van der Waals surface area contributed by atoms with Gasteiger partial charge >= 0.3 is 6.09 Å². The van der Waals surface area contributed by atoms with E-state index in [1.165, 1.54) is 0 Å². The second kappa shape index (κ2) is 7.40. The lowest BCUT2D eigenvalue weighted by Crippen LogP contribution is -2.49. The fraction of sp³-hybridized carbons (Fsp3) is 0.857. The quantitative estimate of drug-likeness (QED) is 0.612. The highest BCUT2D eigenvalue weighted by Crippen LogP contribution is 2.15. The summed E-state index contributed by atoms with van der Waals surface area (Å²) in [6.45, 7) is 15.8. The van der Waals surface area contributed by atoms with E-state index in [0.717, 1.165) is 6.42 Å². The van der Waals surface area contributed by atoms with Crippen molar-refractivity contribution in [2.24, 2.45) is 5.92 Å². The van der Waals surface area contributed by atoms with Crippen molar-refractivity contribution in [3.05, 3.63) is 0 Å². The van der Waals surface area contributed by atoms with Gasteiger partial charge in [0.05, 0.1) is 0 Å². The first-order valence-corrected chi connectivity index (χ1v) is 10.9. The molecule has 0 saturated carbocycles. The molecular weight excluding hydrogens is 290 g/mol. The molecule has 0 radical (unpaired) electrons. The number of hydrogen-bond acceptors (Lipinski definition) is 4. The first kappa shape index (κ1) is 19.4. The van der Waals surface area contributed by atoms with Gasteiger partial charge in [-0.05, 0) is 58.5 Å². The van der Waals surface area contributed by atoms with E-state index in [1.54, 1.807) is 0 Å². The smallest absolute Gasteiger partial charge is 0.408 e. The van der Waals surface area contributed by atoms with Crippen LogP contribution in [-0.2, 0) is 9.16 Å². The Bertz CT molecular complexity index is 347. The fourth-order valence-corrected chi connectivity index (χ4v) is 3.24. The monoisotopic (exact) mass is 319 g/mol. The van der Waals surface area contributed by atoms with Crippen LogP contribution in [0.4, 0.5) is 4.79 Å². The van der Waals surface area contributed by atoms with Crippen molar-refractivity contribution >= 4 is 31.7 Å². The van der Waals surface area contributed by atoms with Gasteiger partial charge in [-0.15, -0.1) is 0 Å². The molecule has 1 N–H and O–H groups in total. The molecule has 2 atom stereocenters. The summed E-state index contributed by atoms with van der Waals surface area (Å²) in [4.78, 5) is 11.9. The third-order valence-corrected chi connectivity index (χ3v) is 3.86. The van der Waals surface area contributed by atoms with Gasteiger partial charge in [0, 0.05) is 0 Å². The molecule has 0 heterocycles. The molecule has 0 saturated heterocycles. The molecule has 118 valence electrons. The predicted molar refractivity (Wildman–Crippen MR) is 89.6 cm³/mol. The summed E-state index contributed by atoms with van der Waals surface area (Å²) in [7, 11) is -1.77. The highest BCUT2D eigenvalue weighted by molar-refractivity contribution is 7.80. The van der Waals surface area contributed by atoms with Crippen LogP contribution >= 0.6 is 12.2 Å². The zero-order valence-electron chi connectivity index (χ0n) is 14.0. The van der Waals surface area contributed by atoms with Crippen LogP contribution in [0.5, 0.6) is 0 Å². The predicted octanol–water partition coefficient (Wildman–Crippen LogP) is 4.10. The summed E-state index contributed by atoms with van der Waals surface area (Å²) >= 11 is 5.37. The zero-order valence-corrected chi connectivity index (χ0v) is 15.8. The highest BCUT2D eigenvalue weighted by atomic mass is 32.1. The number of rotatable bonds is 5. The van der Waals surface area contributed by atoms with E-state index < -0.39 is 20.0 Å². The highest BCUT2D eigenvalue weighted by Gasteiger charge is 2.29. The Balaban J connectivity index is 4.82. The van der Waals surface area contributed by atoms with Crippen molar-refractivity contribution in [2.45, 2.75) is 72.3 Å². The molecule has 1 amide bonds. The van der Waals surface area contributed by atoms with Crippen LogP contribution in [-0.4, -0.2) is 31.1 Å². The molecule has 0 fully saturated rings. The van der Waals surface area contributed by atoms with Crippen molar-refractivity contribution in [3.8, 4) is 0 Å². The Hall–Kier alpha value is -0.623. The third-order valence-electron chi connectivity index (χ3n) is 2.55. The number of nitrogens with one attached hydrogen (secondary N) is 1. The Morgan fingerprint density at radius 3 is 2.15 bits per heavy atom. The van der Waals surface area contributed by atoms with Gasteiger partial charge in [0.1, 0.15) is 11.6 Å². The molecule has 0 aromatic rings. The van der Waals surface area contributed by atoms with Crippen LogP contribution in [0.1, 0.15) is 41.0 Å². The van der Waals surface area contributed by atoms with Crippen molar-refractivity contribution < 1.29 is 14.0 Å². The van der Waals surface area contributed by atoms with Gasteiger partial charge < -0.3 is 14.5 Å². The lowest BCUT2D eigenvalue weighted by atomic mass is 10.0. The van der Waals surface area contributed by atoms with E-state index in [9.17, 15) is 4.79 Å². The van der Waals surface area contributed by atoms with E-state index >= 15 is 0 Å². The largest absolute Gasteiger partial charge is 0.538 e. The van der Waals surface area contributed by atoms with E-state index in [1.807, 2.05) is 27.7 Å². The molecule has 0 aromatic heterocycles. The van der Waals surface area contributed by atoms with Crippen molar-refractivity contribution in [3.63, 3.8) is 0 Å². The molecule has 0 aromatic carbocycles. The molecule has 20 heavy (non-hydrogen) atoms. The molecule has 0 aliphatic heterocycles. The van der Waals surface area contributed by atoms with E-state index in [2.05, 4.69) is 31.9 Å². The molecule has 0 rings (SSSR count). The van der Waals surface area contributed by atoms with Gasteiger partial charge in [-0.1, -0.05) is 20.3 Å². The van der Waals surface area contributed by atoms with E-state index in [-0.39, 0.29) is 12.0 Å². The van der Waals surface area contributed by atoms with Crippen LogP contribution in [0.15, 0.2) is 0 Å². The molecule has 0 spiro atoms. The maximum Gasteiger partial charge on any atom is 0.408 e. The maximum absolute atomic E-state index is 11.9. The average molecular weight is 320 g/mol. The van der Waals surface area contributed by atoms with E-state index in [4.69, 9.17) is 21.4 Å². The van der Waals surface area contributed by atoms with Crippen LogP contribution in [0, 0.1) is 5.92 Å². The summed E-state index contributed by atoms with van der Waals surface area (Å²) in [6, 6.07) is -0.295. The number of carbonyl (C=O) groups is 1. The fourth-order valence-electron chi connectivity index (χ4n) is 1.47. The van der Waals surface area contributed by atoms with Gasteiger partial charge in [-0.2, -0.15) is 0 Å². The molecule has 0 aliphatic rings. The summed E-state index contributed by atoms with van der Waals surface area (Å²) in [6.07, 6.45) is 0.444. The van der Waals surface area contributed by atoms with Gasteiger partial charge in [0.15, 0.2) is 5.05 Å². The van der Waals surface area contributed by atoms with E-state index in [0.29, 0.717) is 5.05 Å². The number of thiocarbonyl (C=S) groups is 1. The molecule has 2 unspecified atom stereocenters. The minimum atomic E-state index is -1.77. The molecule has 0 aliphatic carbocycles. The molecule has 0 bridgehead atoms. The lowest BCUT2D eigenvalue weighted by molar-refractivity contribution is 0.0503. The van der Waals surface area contributed by atoms with Gasteiger partial charge in [-0.25, -0.2) is 4.79 Å². The summed E-state index contributed by atoms with van der Waals surface area (Å²) < 4.78 is 11.1. The number of carbonyl (C=O) groups excluding carboxylic acids is 1. The number of ether oxygens (including phenoxy) is 1. The van der Waals surface area contributed by atoms with Crippen LogP contribution in [0.2, 0.25) is 19.6 Å². The zero-order chi connectivity index (χ0) is 16.1. The first-order valence-electron chi connectivity index (χ1n) is 7.08. The van der Waals surface area contributed by atoms with Crippen LogP contribution in [0.3, 0.4) is 0 Å². The van der Waals surface area contributed by atoms with Crippen LogP contribution < -0.4 is 5.32 Å². The molecular formula is C14H29NO3SSi. The van der Waals surface area contributed by atoms with Crippen molar-refractivity contribution in [1.29, 1.82) is 0 Å². The summed E-state index contributed by atoms with van der Waals surface area (Å²) in [5.74, 6) is 0.200. The summed E-state index contributed by atoms with van der Waals surface area (Å²) in [5, 5.41) is 3.30.